The van der Waals surface area contributed by atoms with Crippen LogP contribution >= 0.6 is 0 Å². The Morgan fingerprint density at radius 2 is 1.95 bits per heavy atom. The Balaban J connectivity index is 2.30. The number of hydrogen-bond donors (Lipinski definition) is 0. The average molecular weight is 339 g/mol. The third-order valence-corrected chi connectivity index (χ3v) is 4.34. The minimum Gasteiger partial charge on any atom is -0.312 e. The van der Waals surface area contributed by atoms with Crippen LogP contribution in [0.1, 0.15) is 17.5 Å². The Labute approximate surface area is 124 Å². The minimum atomic E-state index is -4.74. The van der Waals surface area contributed by atoms with Gasteiger partial charge in [-0.3, -0.25) is 4.79 Å². The summed E-state index contributed by atoms with van der Waals surface area (Å²) in [5.74, 6) is -2.10. The number of carbonyl (C=O) groups is 1. The zero-order valence-electron chi connectivity index (χ0n) is 11.5. The number of rotatable bonds is 3. The topological polar surface area (TPSA) is 54.5 Å². The second kappa shape index (κ2) is 5.53. The lowest BCUT2D eigenvalue weighted by Crippen LogP contribution is -2.26. The Hall–Kier alpha value is -1.64. The molecule has 0 N–H and O–H groups in total. The van der Waals surface area contributed by atoms with Gasteiger partial charge in [0.05, 0.1) is 11.3 Å². The number of carbonyl (C=O) groups excluding carboxylic acids is 1. The number of aryl methyl sites for hydroxylation is 1. The van der Waals surface area contributed by atoms with Crippen molar-refractivity contribution in [2.75, 3.05) is 17.2 Å². The summed E-state index contributed by atoms with van der Waals surface area (Å²) in [4.78, 5) is 13.0. The molecule has 1 unspecified atom stereocenters. The van der Waals surface area contributed by atoms with Crippen LogP contribution in [0.4, 0.5) is 22.7 Å². The van der Waals surface area contributed by atoms with Crippen molar-refractivity contribution < 1.29 is 30.3 Å². The fourth-order valence-electron chi connectivity index (χ4n) is 2.48. The molecule has 1 heterocycles. The van der Waals surface area contributed by atoms with Gasteiger partial charge in [-0.1, -0.05) is 6.07 Å². The standard InChI is InChI=1S/C13H13F4NO3S/c1-8-2-3-10(13(14,15)16)5-11(8)18-6-9(4-12(18)19)7-22(17,20)21/h2-3,5,9H,4,6-7H2,1H3. The number of benzene rings is 1. The molecule has 0 aromatic heterocycles. The molecule has 122 valence electrons. The molecular weight excluding hydrogens is 326 g/mol. The van der Waals surface area contributed by atoms with E-state index in [-0.39, 0.29) is 18.7 Å². The Morgan fingerprint density at radius 1 is 1.32 bits per heavy atom. The molecule has 1 aromatic rings. The summed E-state index contributed by atoms with van der Waals surface area (Å²) < 4.78 is 72.2. The van der Waals surface area contributed by atoms with Crippen LogP contribution in [0.25, 0.3) is 0 Å². The van der Waals surface area contributed by atoms with Gasteiger partial charge in [-0.25, -0.2) is 0 Å². The van der Waals surface area contributed by atoms with E-state index in [1.807, 2.05) is 0 Å². The van der Waals surface area contributed by atoms with Gasteiger partial charge in [0.1, 0.15) is 0 Å². The van der Waals surface area contributed by atoms with Gasteiger partial charge >= 0.3 is 16.4 Å². The highest BCUT2D eigenvalue weighted by molar-refractivity contribution is 7.86. The minimum absolute atomic E-state index is 0.0681. The molecule has 1 aromatic carbocycles. The monoisotopic (exact) mass is 339 g/mol. The van der Waals surface area contributed by atoms with E-state index in [0.29, 0.717) is 5.56 Å². The quantitative estimate of drug-likeness (QED) is 0.628. The molecule has 0 aliphatic carbocycles. The van der Waals surface area contributed by atoms with E-state index in [2.05, 4.69) is 0 Å². The molecule has 1 amide bonds. The molecule has 1 fully saturated rings. The van der Waals surface area contributed by atoms with Gasteiger partial charge in [0.25, 0.3) is 0 Å². The lowest BCUT2D eigenvalue weighted by molar-refractivity contribution is -0.137. The predicted octanol–water partition coefficient (Wildman–Crippen LogP) is 2.67. The number of amides is 1. The van der Waals surface area contributed by atoms with Crippen LogP contribution in [0.5, 0.6) is 0 Å². The second-order valence-corrected chi connectivity index (χ2v) is 6.69. The zero-order valence-corrected chi connectivity index (χ0v) is 12.3. The largest absolute Gasteiger partial charge is 0.416 e. The van der Waals surface area contributed by atoms with Gasteiger partial charge in [-0.15, -0.1) is 3.89 Å². The molecular formula is C13H13F4NO3S. The molecule has 4 nitrogen and oxygen atoms in total. The maximum Gasteiger partial charge on any atom is 0.416 e. The zero-order chi connectivity index (χ0) is 16.7. The van der Waals surface area contributed by atoms with Crippen LogP contribution in [0.2, 0.25) is 0 Å². The lowest BCUT2D eigenvalue weighted by Gasteiger charge is -2.20. The normalized spacial score (nSPS) is 19.8. The summed E-state index contributed by atoms with van der Waals surface area (Å²) in [6.07, 6.45) is -4.76. The van der Waals surface area contributed by atoms with Crippen LogP contribution in [-0.4, -0.2) is 26.6 Å². The fraction of sp³-hybridized carbons (Fsp3) is 0.462. The average Bonchev–Trinajstić information content (AvgIpc) is 2.66. The first kappa shape index (κ1) is 16.7. The molecule has 2 rings (SSSR count). The maximum atomic E-state index is 12.8. The summed E-state index contributed by atoms with van der Waals surface area (Å²) in [7, 11) is -4.74. The molecule has 0 radical (unpaired) electrons. The van der Waals surface area contributed by atoms with Gasteiger partial charge in [0.15, 0.2) is 0 Å². The molecule has 22 heavy (non-hydrogen) atoms. The van der Waals surface area contributed by atoms with E-state index in [1.54, 1.807) is 6.92 Å². The van der Waals surface area contributed by atoms with Crippen LogP contribution < -0.4 is 4.90 Å². The van der Waals surface area contributed by atoms with Crippen LogP contribution in [0.3, 0.4) is 0 Å². The van der Waals surface area contributed by atoms with E-state index in [4.69, 9.17) is 0 Å². The third kappa shape index (κ3) is 3.76. The SMILES string of the molecule is Cc1ccc(C(F)(F)F)cc1N1CC(CS(=O)(=O)F)CC1=O. The van der Waals surface area contributed by atoms with Crippen molar-refractivity contribution in [3.05, 3.63) is 29.3 Å². The highest BCUT2D eigenvalue weighted by Gasteiger charge is 2.36. The Kier molecular flexibility index (Phi) is 4.20. The summed E-state index contributed by atoms with van der Waals surface area (Å²) >= 11 is 0. The highest BCUT2D eigenvalue weighted by atomic mass is 32.3. The van der Waals surface area contributed by atoms with Gasteiger partial charge in [-0.2, -0.15) is 21.6 Å². The second-order valence-electron chi connectivity index (χ2n) is 5.28. The molecule has 9 heteroatoms. The molecule has 1 aliphatic heterocycles. The van der Waals surface area contributed by atoms with Crippen LogP contribution in [0.15, 0.2) is 18.2 Å². The van der Waals surface area contributed by atoms with Crippen molar-refractivity contribution in [1.29, 1.82) is 0 Å². The van der Waals surface area contributed by atoms with Crippen LogP contribution in [-0.2, 0) is 21.2 Å². The first-order chi connectivity index (χ1) is 9.97. The summed E-state index contributed by atoms with van der Waals surface area (Å²) in [6, 6.07) is 2.99. The molecule has 0 spiro atoms. The molecule has 1 atom stereocenters. The number of anilines is 1. The Morgan fingerprint density at radius 3 is 2.50 bits per heavy atom. The van der Waals surface area contributed by atoms with Gasteiger partial charge in [0.2, 0.25) is 5.91 Å². The van der Waals surface area contributed by atoms with Gasteiger partial charge in [0, 0.05) is 24.6 Å². The maximum absolute atomic E-state index is 12.8. The van der Waals surface area contributed by atoms with Crippen molar-refractivity contribution in [2.45, 2.75) is 19.5 Å². The van der Waals surface area contributed by atoms with E-state index in [9.17, 15) is 30.3 Å². The van der Waals surface area contributed by atoms with Crippen molar-refractivity contribution in [3.8, 4) is 0 Å². The molecule has 1 saturated heterocycles. The number of alkyl halides is 3. The molecule has 1 aliphatic rings. The first-order valence-electron chi connectivity index (χ1n) is 6.38. The van der Waals surface area contributed by atoms with E-state index in [0.717, 1.165) is 17.0 Å². The summed E-state index contributed by atoms with van der Waals surface area (Å²) in [5.41, 5.74) is -0.383. The smallest absolute Gasteiger partial charge is 0.312 e. The van der Waals surface area contributed by atoms with Crippen molar-refractivity contribution in [1.82, 2.24) is 0 Å². The molecule has 0 bridgehead atoms. The Bertz CT molecular complexity index is 700. The van der Waals surface area contributed by atoms with Crippen molar-refractivity contribution in [3.63, 3.8) is 0 Å². The number of nitrogens with zero attached hydrogens (tertiary/aromatic N) is 1. The fourth-order valence-corrected chi connectivity index (χ4v) is 3.27. The number of halogens is 4. The predicted molar refractivity (Wildman–Crippen MR) is 71.5 cm³/mol. The first-order valence-corrected chi connectivity index (χ1v) is 7.93. The van der Waals surface area contributed by atoms with E-state index in [1.165, 1.54) is 6.07 Å². The lowest BCUT2D eigenvalue weighted by atomic mass is 10.1. The highest BCUT2D eigenvalue weighted by Crippen LogP contribution is 2.35. The molecule has 0 saturated carbocycles. The van der Waals surface area contributed by atoms with Crippen molar-refractivity contribution in [2.24, 2.45) is 5.92 Å². The third-order valence-electron chi connectivity index (χ3n) is 3.47. The van der Waals surface area contributed by atoms with E-state index < -0.39 is 39.5 Å². The van der Waals surface area contributed by atoms with Gasteiger partial charge in [-0.05, 0) is 24.6 Å². The summed E-state index contributed by atoms with van der Waals surface area (Å²) in [5, 5.41) is 0. The van der Waals surface area contributed by atoms with E-state index >= 15 is 0 Å². The number of hydrogen-bond acceptors (Lipinski definition) is 3. The van der Waals surface area contributed by atoms with Crippen molar-refractivity contribution >= 4 is 21.8 Å². The summed E-state index contributed by atoms with van der Waals surface area (Å²) in [6.45, 7) is 1.42. The van der Waals surface area contributed by atoms with Gasteiger partial charge < -0.3 is 4.90 Å². The van der Waals surface area contributed by atoms with Crippen LogP contribution in [0, 0.1) is 12.8 Å².